The van der Waals surface area contributed by atoms with Crippen LogP contribution in [0, 0.1) is 6.92 Å². The Bertz CT molecular complexity index is 1420. The minimum absolute atomic E-state index is 0.0491. The van der Waals surface area contributed by atoms with Gasteiger partial charge in [0.2, 0.25) is 0 Å². The topological polar surface area (TPSA) is 89.1 Å². The summed E-state index contributed by atoms with van der Waals surface area (Å²) in [5.41, 5.74) is 1.63. The van der Waals surface area contributed by atoms with Crippen molar-refractivity contribution in [2.24, 2.45) is 4.99 Å². The highest BCUT2D eigenvalue weighted by Gasteiger charge is 2.34. The molecule has 1 aliphatic rings. The van der Waals surface area contributed by atoms with Crippen molar-refractivity contribution in [3.63, 3.8) is 0 Å². The Morgan fingerprint density at radius 3 is 2.63 bits per heavy atom. The van der Waals surface area contributed by atoms with Crippen LogP contribution in [0.5, 0.6) is 0 Å². The van der Waals surface area contributed by atoms with E-state index in [1.165, 1.54) is 0 Å². The fourth-order valence-corrected chi connectivity index (χ4v) is 4.85. The monoisotopic (exact) mass is 527 g/mol. The normalized spacial score (nSPS) is 15.8. The Morgan fingerprint density at radius 2 is 1.91 bits per heavy atom. The zero-order chi connectivity index (χ0) is 25.1. The number of furan rings is 1. The van der Waals surface area contributed by atoms with Gasteiger partial charge >= 0.3 is 5.97 Å². The van der Waals surface area contributed by atoms with E-state index in [-0.39, 0.29) is 27.9 Å². The van der Waals surface area contributed by atoms with Gasteiger partial charge in [-0.2, -0.15) is 0 Å². The van der Waals surface area contributed by atoms with Gasteiger partial charge in [0.05, 0.1) is 16.5 Å². The summed E-state index contributed by atoms with van der Waals surface area (Å²) >= 11 is 13.2. The molecule has 0 saturated carbocycles. The first-order valence-electron chi connectivity index (χ1n) is 10.5. The number of aliphatic imine (C=N–C) groups is 1. The largest absolute Gasteiger partial charge is 0.506 e. The number of carbonyl (C=O) groups excluding carboxylic acids is 2. The van der Waals surface area contributed by atoms with Gasteiger partial charge in [-0.25, -0.2) is 9.79 Å². The lowest BCUT2D eigenvalue weighted by Crippen LogP contribution is -2.14. The predicted octanol–water partition coefficient (Wildman–Crippen LogP) is 7.26. The number of rotatable bonds is 5. The maximum Gasteiger partial charge on any atom is 0.344 e. The maximum atomic E-state index is 12.8. The van der Waals surface area contributed by atoms with E-state index in [9.17, 15) is 14.7 Å². The highest BCUT2D eigenvalue weighted by Crippen LogP contribution is 2.40. The summed E-state index contributed by atoms with van der Waals surface area (Å²) in [7, 11) is 0. The summed E-state index contributed by atoms with van der Waals surface area (Å²) in [4.78, 5) is 29.8. The van der Waals surface area contributed by atoms with Gasteiger partial charge < -0.3 is 14.3 Å². The van der Waals surface area contributed by atoms with Gasteiger partial charge in [0.15, 0.2) is 0 Å². The Morgan fingerprint density at radius 1 is 1.14 bits per heavy atom. The van der Waals surface area contributed by atoms with E-state index in [0.717, 1.165) is 17.3 Å². The number of hydrogen-bond acceptors (Lipinski definition) is 6. The average Bonchev–Trinajstić information content (AvgIpc) is 3.38. The Hall–Kier alpha value is -3.26. The minimum atomic E-state index is -0.773. The van der Waals surface area contributed by atoms with E-state index in [1.54, 1.807) is 68.5 Å². The Labute approximate surface area is 215 Å². The van der Waals surface area contributed by atoms with Crippen LogP contribution < -0.4 is 0 Å². The first-order chi connectivity index (χ1) is 16.8. The number of aliphatic hydroxyl groups is 1. The smallest absolute Gasteiger partial charge is 0.344 e. The zero-order valence-corrected chi connectivity index (χ0v) is 21.0. The molecule has 0 bridgehead atoms. The lowest BCUT2D eigenvalue weighted by atomic mass is 10.1. The van der Waals surface area contributed by atoms with Crippen LogP contribution in [-0.4, -0.2) is 28.6 Å². The Kier molecular flexibility index (Phi) is 7.50. The second kappa shape index (κ2) is 10.6. The molecule has 1 amide bonds. The molecule has 0 unspecified atom stereocenters. The van der Waals surface area contributed by atoms with E-state index in [0.29, 0.717) is 32.7 Å². The summed E-state index contributed by atoms with van der Waals surface area (Å²) in [5.74, 6) is -0.745. The third kappa shape index (κ3) is 5.37. The van der Waals surface area contributed by atoms with Crippen LogP contribution >= 0.6 is 35.0 Å². The van der Waals surface area contributed by atoms with Crippen molar-refractivity contribution in [1.82, 2.24) is 0 Å². The van der Waals surface area contributed by atoms with Crippen LogP contribution in [0.15, 0.2) is 80.2 Å². The molecule has 6 nitrogen and oxygen atoms in total. The number of ether oxygens (including phenoxy) is 1. The summed E-state index contributed by atoms with van der Waals surface area (Å²) in [6.07, 6.45) is 1.55. The number of benzene rings is 2. The molecule has 1 N–H and O–H groups in total. The van der Waals surface area contributed by atoms with Crippen LogP contribution in [0.4, 0.5) is 0 Å². The molecule has 0 fully saturated rings. The van der Waals surface area contributed by atoms with E-state index in [2.05, 4.69) is 4.99 Å². The molecule has 0 spiro atoms. The van der Waals surface area contributed by atoms with Crippen LogP contribution in [0.2, 0.25) is 10.0 Å². The van der Waals surface area contributed by atoms with Crippen molar-refractivity contribution in [3.8, 4) is 11.3 Å². The van der Waals surface area contributed by atoms with Crippen LogP contribution in [-0.2, 0) is 9.53 Å². The van der Waals surface area contributed by atoms with Crippen molar-refractivity contribution in [1.29, 1.82) is 0 Å². The first kappa shape index (κ1) is 24.9. The van der Waals surface area contributed by atoms with Crippen LogP contribution in [0.3, 0.4) is 0 Å². The maximum absolute atomic E-state index is 12.8. The third-order valence-corrected chi connectivity index (χ3v) is 6.61. The van der Waals surface area contributed by atoms with Gasteiger partial charge in [0.25, 0.3) is 5.91 Å². The molecular formula is C26H19Cl2NO5S. The fourth-order valence-electron chi connectivity index (χ4n) is 3.35. The predicted molar refractivity (Wildman–Crippen MR) is 139 cm³/mol. The van der Waals surface area contributed by atoms with E-state index < -0.39 is 11.9 Å². The van der Waals surface area contributed by atoms with Gasteiger partial charge in [0.1, 0.15) is 27.9 Å². The first-order valence-corrected chi connectivity index (χ1v) is 12.1. The summed E-state index contributed by atoms with van der Waals surface area (Å²) in [6.45, 7) is 3.54. The number of aryl methyl sites for hydroxylation is 1. The second-order valence-electron chi connectivity index (χ2n) is 7.42. The van der Waals surface area contributed by atoms with Crippen LogP contribution in [0.25, 0.3) is 17.4 Å². The third-order valence-electron chi connectivity index (χ3n) is 5.05. The summed E-state index contributed by atoms with van der Waals surface area (Å²) in [5, 5.41) is 11.8. The second-order valence-corrected chi connectivity index (χ2v) is 9.29. The fraction of sp³-hybridized carbons (Fsp3) is 0.115. The van der Waals surface area contributed by atoms with Gasteiger partial charge in [-0.05, 0) is 61.9 Å². The van der Waals surface area contributed by atoms with Gasteiger partial charge in [0, 0.05) is 16.1 Å². The molecule has 0 radical (unpaired) electrons. The summed E-state index contributed by atoms with van der Waals surface area (Å²) in [6, 6.07) is 15.5. The molecule has 1 aliphatic heterocycles. The number of aliphatic hydroxyl groups excluding tert-OH is 1. The number of halogens is 2. The van der Waals surface area contributed by atoms with E-state index in [4.69, 9.17) is 32.4 Å². The molecular weight excluding hydrogens is 509 g/mol. The van der Waals surface area contributed by atoms with Crippen molar-refractivity contribution in [3.05, 3.63) is 97.8 Å². The van der Waals surface area contributed by atoms with Gasteiger partial charge in [-0.15, -0.1) is 0 Å². The molecule has 2 aromatic carbocycles. The molecule has 9 heteroatoms. The zero-order valence-electron chi connectivity index (χ0n) is 18.7. The summed E-state index contributed by atoms with van der Waals surface area (Å²) < 4.78 is 11.0. The number of thioether (sulfide) groups is 1. The van der Waals surface area contributed by atoms with Gasteiger partial charge in [-0.3, -0.25) is 4.79 Å². The molecule has 2 heterocycles. The van der Waals surface area contributed by atoms with Crippen LogP contribution in [0.1, 0.15) is 28.6 Å². The molecule has 35 heavy (non-hydrogen) atoms. The molecule has 3 aromatic rings. The number of esters is 1. The molecule has 178 valence electrons. The number of amides is 1. The number of hydrogen-bond donors (Lipinski definition) is 1. The van der Waals surface area contributed by atoms with Crippen molar-refractivity contribution >= 4 is 58.0 Å². The number of carbonyl (C=O) groups is 2. The highest BCUT2D eigenvalue weighted by atomic mass is 35.5. The SMILES string of the molecule is CCOC(=O)C1=C(O)/C(=C/c2ccc(-c3ccc(Cl)cc3Cl)o2)SC1=NC(=O)c1ccccc1C. The minimum Gasteiger partial charge on any atom is -0.506 e. The standard InChI is InChI=1S/C26H19Cl2NO5S/c1-3-33-26(32)22-23(30)21(35-25(22)29-24(31)17-7-5-4-6-14(17)2)13-16-9-11-20(34-16)18-10-8-15(27)12-19(18)28/h4-13,30H,3H2,1-2H3/b21-13-,29-25?. The van der Waals surface area contributed by atoms with Crippen molar-refractivity contribution in [2.75, 3.05) is 6.61 Å². The van der Waals surface area contributed by atoms with Gasteiger partial charge in [-0.1, -0.05) is 53.2 Å². The number of nitrogens with zero attached hydrogens (tertiary/aromatic N) is 1. The highest BCUT2D eigenvalue weighted by molar-refractivity contribution is 8.18. The molecule has 0 aliphatic carbocycles. The van der Waals surface area contributed by atoms with E-state index >= 15 is 0 Å². The average molecular weight is 528 g/mol. The van der Waals surface area contributed by atoms with Crippen molar-refractivity contribution < 1.29 is 23.8 Å². The van der Waals surface area contributed by atoms with E-state index in [1.807, 2.05) is 6.07 Å². The molecule has 1 aromatic heterocycles. The molecule has 0 saturated heterocycles. The molecule has 4 rings (SSSR count). The van der Waals surface area contributed by atoms with Crippen molar-refractivity contribution in [2.45, 2.75) is 13.8 Å². The Balaban J connectivity index is 1.70. The lowest BCUT2D eigenvalue weighted by molar-refractivity contribution is -0.138. The quantitative estimate of drug-likeness (QED) is 0.351. The lowest BCUT2D eigenvalue weighted by Gasteiger charge is -2.04. The molecule has 0 atom stereocenters.